The first-order valence-electron chi connectivity index (χ1n) is 15.9. The Morgan fingerprint density at radius 2 is 1.51 bits per heavy atom. The molecule has 0 spiro atoms. The first-order valence-corrected chi connectivity index (χ1v) is 18.3. The van der Waals surface area contributed by atoms with Gasteiger partial charge in [-0.3, -0.25) is 9.42 Å². The minimum Gasteiger partial charge on any atom is -0.404 e. The normalized spacial score (nSPS) is 13.7. The fourth-order valence-corrected chi connectivity index (χ4v) is 6.03. The Morgan fingerprint density at radius 3 is 2.12 bits per heavy atom. The van der Waals surface area contributed by atoms with Gasteiger partial charge in [0.1, 0.15) is 11.9 Å². The Balaban J connectivity index is 1.55. The molecule has 2 unspecified atom stereocenters. The third kappa shape index (κ3) is 18.8. The molecule has 41 heavy (non-hydrogen) atoms. The Bertz CT molecular complexity index is 929. The highest BCUT2D eigenvalue weighted by Crippen LogP contribution is 2.44. The summed E-state index contributed by atoms with van der Waals surface area (Å²) in [6.07, 6.45) is 21.0. The second-order valence-corrected chi connectivity index (χ2v) is 13.0. The Kier molecular flexibility index (Phi) is 20.3. The number of unbranched alkanes of at least 4 members (excludes halogenated alkanes) is 13. The van der Waals surface area contributed by atoms with E-state index in [0.29, 0.717) is 32.1 Å². The first-order chi connectivity index (χ1) is 20.0. The number of aromatic nitrogens is 1. The number of thiazole rings is 1. The average molecular weight is 613 g/mol. The van der Waals surface area contributed by atoms with Crippen LogP contribution >= 0.6 is 19.2 Å². The Hall–Kier alpha value is -1.28. The van der Waals surface area contributed by atoms with Crippen molar-refractivity contribution in [3.63, 3.8) is 0 Å². The second kappa shape index (κ2) is 23.2. The largest absolute Gasteiger partial charge is 0.527 e. The summed E-state index contributed by atoms with van der Waals surface area (Å²) in [6, 6.07) is 7.15. The number of nitrogens with zero attached hydrogens (tertiary/aromatic N) is 1. The van der Waals surface area contributed by atoms with Crippen molar-refractivity contribution in [3.05, 3.63) is 46.9 Å². The molecule has 0 saturated carbocycles. The maximum Gasteiger partial charge on any atom is 0.527 e. The third-order valence-electron chi connectivity index (χ3n) is 6.94. The van der Waals surface area contributed by atoms with Gasteiger partial charge in [-0.25, -0.2) is 4.57 Å². The molecule has 1 aromatic heterocycles. The van der Waals surface area contributed by atoms with Crippen LogP contribution in [0.3, 0.4) is 0 Å². The molecule has 2 aromatic rings. The number of phosphoric ester groups is 1. The molecular weight excluding hydrogens is 557 g/mol. The van der Waals surface area contributed by atoms with Crippen LogP contribution in [0.5, 0.6) is 5.75 Å². The van der Waals surface area contributed by atoms with Crippen LogP contribution in [-0.4, -0.2) is 37.4 Å². The molecule has 0 aliphatic rings. The summed E-state index contributed by atoms with van der Waals surface area (Å²) in [7, 11) is -4.31. The molecule has 1 N–H and O–H groups in total. The van der Waals surface area contributed by atoms with E-state index in [1.54, 1.807) is 29.5 Å². The third-order valence-corrected chi connectivity index (χ3v) is 8.53. The number of phosphoric acid groups is 1. The monoisotopic (exact) mass is 612 g/mol. The van der Waals surface area contributed by atoms with Gasteiger partial charge in [0.15, 0.2) is 12.7 Å². The molecule has 0 saturated heterocycles. The van der Waals surface area contributed by atoms with E-state index < -0.39 is 13.9 Å². The van der Waals surface area contributed by atoms with Crippen molar-refractivity contribution in [2.24, 2.45) is 0 Å². The van der Waals surface area contributed by atoms with E-state index in [2.05, 4.69) is 6.92 Å². The van der Waals surface area contributed by atoms with E-state index in [1.165, 1.54) is 77.0 Å². The Labute approximate surface area is 253 Å². The summed E-state index contributed by atoms with van der Waals surface area (Å²) in [4.78, 5) is 10.3. The molecule has 9 heteroatoms. The smallest absolute Gasteiger partial charge is 0.404 e. The zero-order valence-electron chi connectivity index (χ0n) is 25.6. The summed E-state index contributed by atoms with van der Waals surface area (Å²) in [6.45, 7) is 6.40. The van der Waals surface area contributed by atoms with Crippen molar-refractivity contribution in [1.29, 1.82) is 0 Å². The number of ether oxygens (including phenoxy) is 2. The predicted octanol–water partition coefficient (Wildman–Crippen LogP) is 8.87. The van der Waals surface area contributed by atoms with Gasteiger partial charge in [0.05, 0.1) is 18.6 Å². The lowest BCUT2D eigenvalue weighted by Gasteiger charge is -2.20. The van der Waals surface area contributed by atoms with Gasteiger partial charge in [-0.2, -0.15) is 4.57 Å². The zero-order chi connectivity index (χ0) is 29.4. The lowest BCUT2D eigenvalue weighted by Crippen LogP contribution is -2.30. The van der Waals surface area contributed by atoms with Crippen molar-refractivity contribution >= 4 is 19.2 Å². The second-order valence-electron chi connectivity index (χ2n) is 10.9. The van der Waals surface area contributed by atoms with Crippen LogP contribution in [-0.2, 0) is 25.1 Å². The summed E-state index contributed by atoms with van der Waals surface area (Å²) >= 11 is 1.61. The van der Waals surface area contributed by atoms with Crippen molar-refractivity contribution in [3.8, 4) is 5.75 Å². The molecule has 0 radical (unpaired) electrons. The topological polar surface area (TPSA) is 78.1 Å². The van der Waals surface area contributed by atoms with Crippen LogP contribution in [0.15, 0.2) is 41.4 Å². The number of benzene rings is 1. The van der Waals surface area contributed by atoms with Gasteiger partial charge >= 0.3 is 7.82 Å². The number of hydrogen-bond acceptors (Lipinski definition) is 6. The fourth-order valence-electron chi connectivity index (χ4n) is 4.64. The molecule has 7 nitrogen and oxygen atoms in total. The molecule has 2 atom stereocenters. The fraction of sp³-hybridized carbons (Fsp3) is 0.719. The van der Waals surface area contributed by atoms with Crippen LogP contribution in [0.1, 0.15) is 116 Å². The van der Waals surface area contributed by atoms with Gasteiger partial charge in [0.2, 0.25) is 5.51 Å². The quantitative estimate of drug-likeness (QED) is 0.0617. The molecule has 0 bridgehead atoms. The van der Waals surface area contributed by atoms with Gasteiger partial charge in [-0.05, 0) is 25.0 Å². The summed E-state index contributed by atoms with van der Waals surface area (Å²) in [5, 5.41) is 2.00. The van der Waals surface area contributed by atoms with Crippen molar-refractivity contribution in [2.45, 2.75) is 123 Å². The molecule has 0 aliphatic carbocycles. The summed E-state index contributed by atoms with van der Waals surface area (Å²) < 4.78 is 36.9. The van der Waals surface area contributed by atoms with E-state index in [9.17, 15) is 9.46 Å². The molecular formula is C32H55NO6PS+. The molecule has 0 aliphatic heterocycles. The van der Waals surface area contributed by atoms with Crippen LogP contribution < -0.4 is 9.09 Å². The van der Waals surface area contributed by atoms with Crippen LogP contribution in [0.4, 0.5) is 0 Å². The SMILES string of the molecule is CCCCCCCCCCCCCCCCOCC(COP(=O)(O)Oc1cccc(C[n+]2ccsc2)c1)OCCC. The van der Waals surface area contributed by atoms with E-state index in [1.807, 2.05) is 34.6 Å². The molecule has 1 heterocycles. The van der Waals surface area contributed by atoms with Gasteiger partial charge < -0.3 is 14.0 Å². The van der Waals surface area contributed by atoms with Gasteiger partial charge in [-0.15, -0.1) is 0 Å². The molecule has 1 aromatic carbocycles. The predicted molar refractivity (Wildman–Crippen MR) is 168 cm³/mol. The van der Waals surface area contributed by atoms with Crippen LogP contribution in [0, 0.1) is 0 Å². The maximum absolute atomic E-state index is 12.6. The molecule has 0 amide bonds. The lowest BCUT2D eigenvalue weighted by molar-refractivity contribution is -0.683. The van der Waals surface area contributed by atoms with E-state index in [4.69, 9.17) is 18.5 Å². The first kappa shape index (κ1) is 35.9. The molecule has 0 fully saturated rings. The zero-order valence-corrected chi connectivity index (χ0v) is 27.3. The maximum atomic E-state index is 12.6. The number of hydrogen-bond donors (Lipinski definition) is 1. The summed E-state index contributed by atoms with van der Waals surface area (Å²) in [5.41, 5.74) is 2.97. The summed E-state index contributed by atoms with van der Waals surface area (Å²) in [5.74, 6) is 0.296. The van der Waals surface area contributed by atoms with Crippen LogP contribution in [0.2, 0.25) is 0 Å². The van der Waals surface area contributed by atoms with Crippen LogP contribution in [0.25, 0.3) is 0 Å². The van der Waals surface area contributed by atoms with Gasteiger partial charge in [0.25, 0.3) is 0 Å². The standard InChI is InChI=1S/C32H54NO6PS/c1-3-5-6-7-8-9-10-11-12-13-14-15-16-17-23-36-27-32(37-22-4-2)28-38-40(34,35)39-31-20-18-19-30(25-31)26-33-21-24-41-29-33/h18-21,24-25,29,32H,3-17,22-23,26-28H2,1-2H3/p+1. The Morgan fingerprint density at radius 1 is 0.854 bits per heavy atom. The van der Waals surface area contributed by atoms with E-state index in [-0.39, 0.29) is 6.61 Å². The number of rotatable bonds is 27. The van der Waals surface area contributed by atoms with Gasteiger partial charge in [-0.1, -0.05) is 121 Å². The molecule has 2 rings (SSSR count). The van der Waals surface area contributed by atoms with Crippen molar-refractivity contribution in [1.82, 2.24) is 0 Å². The highest BCUT2D eigenvalue weighted by Gasteiger charge is 2.26. The minimum atomic E-state index is -4.31. The molecule has 234 valence electrons. The lowest BCUT2D eigenvalue weighted by atomic mass is 10.0. The highest BCUT2D eigenvalue weighted by molar-refractivity contribution is 7.47. The van der Waals surface area contributed by atoms with E-state index in [0.717, 1.165) is 24.8 Å². The average Bonchev–Trinajstić information content (AvgIpc) is 3.47. The van der Waals surface area contributed by atoms with Crippen molar-refractivity contribution in [2.75, 3.05) is 26.4 Å². The minimum absolute atomic E-state index is 0.0725. The van der Waals surface area contributed by atoms with E-state index >= 15 is 0 Å². The highest BCUT2D eigenvalue weighted by atomic mass is 32.1. The van der Waals surface area contributed by atoms with Crippen molar-refractivity contribution < 1.29 is 32.5 Å². The van der Waals surface area contributed by atoms with Gasteiger partial charge in [0, 0.05) is 18.8 Å².